The van der Waals surface area contributed by atoms with Crippen molar-refractivity contribution in [3.8, 4) is 11.4 Å². The minimum absolute atomic E-state index is 0. The van der Waals surface area contributed by atoms with Gasteiger partial charge in [0, 0.05) is 32.4 Å². The molecule has 4 rings (SSSR count). The molecule has 3 aromatic rings. The molecule has 0 saturated carbocycles. The fourth-order valence-electron chi connectivity index (χ4n) is 3.36. The van der Waals surface area contributed by atoms with Crippen molar-refractivity contribution in [3.63, 3.8) is 0 Å². The molecule has 1 aliphatic rings. The van der Waals surface area contributed by atoms with Crippen molar-refractivity contribution in [2.45, 2.75) is 18.9 Å². The summed E-state index contributed by atoms with van der Waals surface area (Å²) >= 11 is 0. The van der Waals surface area contributed by atoms with E-state index in [9.17, 15) is 0 Å². The van der Waals surface area contributed by atoms with Gasteiger partial charge in [0.05, 0.1) is 12.2 Å². The molecule has 0 radical (unpaired) electrons. The zero-order valence-corrected chi connectivity index (χ0v) is 18.7. The summed E-state index contributed by atoms with van der Waals surface area (Å²) in [5.41, 5.74) is 3.61. The number of aliphatic imine (C=N–C) groups is 1. The number of aromatic nitrogens is 2. The quantitative estimate of drug-likeness (QED) is 0.308. The lowest BCUT2D eigenvalue weighted by atomic mass is 10.1. The lowest BCUT2D eigenvalue weighted by Gasteiger charge is -2.15. The standard InChI is InChI=1S/C22H25N5O.HI/c1-23-22(25-16-20-15-18-5-2-3-6-21(18)28-20)24-13-11-17-7-9-19(10-8-17)27-14-4-12-26-27;/h2-10,12,14,20H,11,13,15-16H2,1H3,(H2,23,24,25);1H. The zero-order chi connectivity index (χ0) is 19.2. The normalized spacial score (nSPS) is 15.2. The van der Waals surface area contributed by atoms with Gasteiger partial charge >= 0.3 is 0 Å². The lowest BCUT2D eigenvalue weighted by molar-refractivity contribution is 0.235. The number of fused-ring (bicyclic) bond motifs is 1. The molecule has 6 nitrogen and oxygen atoms in total. The molecule has 1 aromatic heterocycles. The largest absolute Gasteiger partial charge is 0.488 e. The Morgan fingerprint density at radius 2 is 1.97 bits per heavy atom. The fourth-order valence-corrected chi connectivity index (χ4v) is 3.36. The Balaban J connectivity index is 0.00000240. The molecule has 0 saturated heterocycles. The number of hydrogen-bond donors (Lipinski definition) is 2. The van der Waals surface area contributed by atoms with Crippen LogP contribution in [0.15, 0.2) is 72.0 Å². The molecule has 0 fully saturated rings. The summed E-state index contributed by atoms with van der Waals surface area (Å²) in [6, 6.07) is 18.6. The molecule has 0 spiro atoms. The van der Waals surface area contributed by atoms with Crippen LogP contribution in [0.2, 0.25) is 0 Å². The lowest BCUT2D eigenvalue weighted by Crippen LogP contribution is -2.42. The monoisotopic (exact) mass is 503 g/mol. The first kappa shape index (κ1) is 21.2. The number of rotatable bonds is 6. The van der Waals surface area contributed by atoms with Crippen LogP contribution in [0.5, 0.6) is 5.75 Å². The second-order valence-corrected chi connectivity index (χ2v) is 6.80. The Hall–Kier alpha value is -2.55. The van der Waals surface area contributed by atoms with Crippen LogP contribution in [0.25, 0.3) is 5.69 Å². The van der Waals surface area contributed by atoms with E-state index in [1.807, 2.05) is 29.1 Å². The number of guanidine groups is 1. The maximum atomic E-state index is 5.97. The first-order valence-corrected chi connectivity index (χ1v) is 9.60. The van der Waals surface area contributed by atoms with Crippen molar-refractivity contribution in [1.82, 2.24) is 20.4 Å². The zero-order valence-electron chi connectivity index (χ0n) is 16.4. The third kappa shape index (κ3) is 5.50. The van der Waals surface area contributed by atoms with Crippen molar-refractivity contribution in [2.75, 3.05) is 20.1 Å². The Kier molecular flexibility index (Phi) is 7.51. The molecule has 7 heteroatoms. The molecule has 2 N–H and O–H groups in total. The third-order valence-corrected chi connectivity index (χ3v) is 4.85. The van der Waals surface area contributed by atoms with Gasteiger partial charge in [-0.15, -0.1) is 24.0 Å². The fraction of sp³-hybridized carbons (Fsp3) is 0.273. The van der Waals surface area contributed by atoms with E-state index in [1.165, 1.54) is 11.1 Å². The predicted octanol–water partition coefficient (Wildman–Crippen LogP) is 3.20. The third-order valence-electron chi connectivity index (χ3n) is 4.85. The number of para-hydroxylation sites is 1. The van der Waals surface area contributed by atoms with E-state index in [0.717, 1.165) is 43.3 Å². The molecule has 152 valence electrons. The highest BCUT2D eigenvalue weighted by molar-refractivity contribution is 14.0. The molecule has 1 aliphatic heterocycles. The van der Waals surface area contributed by atoms with Crippen LogP contribution in [0.4, 0.5) is 0 Å². The molecule has 0 amide bonds. The van der Waals surface area contributed by atoms with Crippen LogP contribution in [-0.4, -0.2) is 42.0 Å². The highest BCUT2D eigenvalue weighted by atomic mass is 127. The van der Waals surface area contributed by atoms with Crippen LogP contribution < -0.4 is 15.4 Å². The summed E-state index contributed by atoms with van der Waals surface area (Å²) in [7, 11) is 1.79. The number of ether oxygens (including phenoxy) is 1. The molecular weight excluding hydrogens is 477 g/mol. The smallest absolute Gasteiger partial charge is 0.191 e. The van der Waals surface area contributed by atoms with E-state index in [4.69, 9.17) is 4.74 Å². The van der Waals surface area contributed by atoms with E-state index in [1.54, 1.807) is 13.2 Å². The second-order valence-electron chi connectivity index (χ2n) is 6.80. The summed E-state index contributed by atoms with van der Waals surface area (Å²) in [4.78, 5) is 4.30. The number of halogens is 1. The molecule has 0 aliphatic carbocycles. The first-order valence-electron chi connectivity index (χ1n) is 9.60. The molecule has 1 atom stereocenters. The molecule has 0 bridgehead atoms. The van der Waals surface area contributed by atoms with Crippen molar-refractivity contribution in [3.05, 3.63) is 78.1 Å². The van der Waals surface area contributed by atoms with Gasteiger partial charge in [-0.25, -0.2) is 4.68 Å². The van der Waals surface area contributed by atoms with Gasteiger partial charge in [0.1, 0.15) is 11.9 Å². The van der Waals surface area contributed by atoms with Crippen LogP contribution >= 0.6 is 24.0 Å². The van der Waals surface area contributed by atoms with Crippen molar-refractivity contribution in [2.24, 2.45) is 4.99 Å². The second kappa shape index (κ2) is 10.3. The number of benzene rings is 2. The number of hydrogen-bond acceptors (Lipinski definition) is 3. The van der Waals surface area contributed by atoms with Gasteiger partial charge < -0.3 is 15.4 Å². The minimum atomic E-state index is 0. The predicted molar refractivity (Wildman–Crippen MR) is 127 cm³/mol. The van der Waals surface area contributed by atoms with E-state index < -0.39 is 0 Å². The maximum absolute atomic E-state index is 5.97. The molecule has 1 unspecified atom stereocenters. The average molecular weight is 503 g/mol. The topological polar surface area (TPSA) is 63.5 Å². The Morgan fingerprint density at radius 3 is 2.69 bits per heavy atom. The van der Waals surface area contributed by atoms with Gasteiger partial charge in [-0.2, -0.15) is 5.10 Å². The summed E-state index contributed by atoms with van der Waals surface area (Å²) in [5, 5.41) is 11.0. The van der Waals surface area contributed by atoms with Gasteiger partial charge in [0.15, 0.2) is 5.96 Å². The van der Waals surface area contributed by atoms with E-state index >= 15 is 0 Å². The van der Waals surface area contributed by atoms with Crippen molar-refractivity contribution in [1.29, 1.82) is 0 Å². The minimum Gasteiger partial charge on any atom is -0.488 e. The van der Waals surface area contributed by atoms with E-state index in [2.05, 4.69) is 57.1 Å². The van der Waals surface area contributed by atoms with Gasteiger partial charge in [-0.05, 0) is 41.8 Å². The molecule has 2 aromatic carbocycles. The molecule has 29 heavy (non-hydrogen) atoms. The van der Waals surface area contributed by atoms with Crippen molar-refractivity contribution < 1.29 is 4.74 Å². The Bertz CT molecular complexity index is 900. The summed E-state index contributed by atoms with van der Waals surface area (Å²) in [5.74, 6) is 1.79. The van der Waals surface area contributed by atoms with Crippen LogP contribution in [0.1, 0.15) is 11.1 Å². The average Bonchev–Trinajstić information content (AvgIpc) is 3.40. The maximum Gasteiger partial charge on any atom is 0.191 e. The summed E-state index contributed by atoms with van der Waals surface area (Å²) < 4.78 is 7.82. The van der Waals surface area contributed by atoms with Gasteiger partial charge in [0.25, 0.3) is 0 Å². The summed E-state index contributed by atoms with van der Waals surface area (Å²) in [6.07, 6.45) is 5.73. The summed E-state index contributed by atoms with van der Waals surface area (Å²) in [6.45, 7) is 1.54. The highest BCUT2D eigenvalue weighted by Gasteiger charge is 2.22. The Morgan fingerprint density at radius 1 is 1.14 bits per heavy atom. The van der Waals surface area contributed by atoms with Crippen LogP contribution in [-0.2, 0) is 12.8 Å². The van der Waals surface area contributed by atoms with E-state index in [-0.39, 0.29) is 30.1 Å². The number of nitrogens with one attached hydrogen (secondary N) is 2. The van der Waals surface area contributed by atoms with Crippen LogP contribution in [0, 0.1) is 0 Å². The Labute approximate surface area is 188 Å². The highest BCUT2D eigenvalue weighted by Crippen LogP contribution is 2.27. The van der Waals surface area contributed by atoms with Crippen molar-refractivity contribution >= 4 is 29.9 Å². The van der Waals surface area contributed by atoms with Crippen LogP contribution in [0.3, 0.4) is 0 Å². The van der Waals surface area contributed by atoms with E-state index in [0.29, 0.717) is 0 Å². The molecular formula is C22H26IN5O. The number of nitrogens with zero attached hydrogens (tertiary/aromatic N) is 3. The van der Waals surface area contributed by atoms with Gasteiger partial charge in [0.2, 0.25) is 0 Å². The van der Waals surface area contributed by atoms with Gasteiger partial charge in [-0.3, -0.25) is 4.99 Å². The first-order chi connectivity index (χ1) is 13.8. The molecule has 2 heterocycles. The SMILES string of the molecule is CN=C(NCCc1ccc(-n2cccn2)cc1)NCC1Cc2ccccc2O1.I. The van der Waals surface area contributed by atoms with Gasteiger partial charge in [-0.1, -0.05) is 30.3 Å².